The fraction of sp³-hybridized carbons (Fsp3) is 0.300. The molecule has 1 heterocycles. The number of hydrogen-bond acceptors (Lipinski definition) is 5. The first-order chi connectivity index (χ1) is 13.1. The molecule has 2 aromatic carbocycles. The fourth-order valence-electron chi connectivity index (χ4n) is 2.85. The van der Waals surface area contributed by atoms with Crippen LogP contribution in [0.2, 0.25) is 5.02 Å². The number of carbonyl (C=O) groups excluding carboxylic acids is 2. The van der Waals surface area contributed by atoms with Gasteiger partial charge in [-0.1, -0.05) is 41.9 Å². The predicted molar refractivity (Wildman–Crippen MR) is 100 cm³/mol. The second-order valence-corrected chi connectivity index (χ2v) is 6.41. The Hall–Kier alpha value is -2.57. The number of methoxy groups -OCH3 is 1. The summed E-state index contributed by atoms with van der Waals surface area (Å²) in [6.45, 7) is 1.84. The van der Waals surface area contributed by atoms with Gasteiger partial charge in [-0.3, -0.25) is 4.79 Å². The van der Waals surface area contributed by atoms with Crippen LogP contribution in [0.5, 0.6) is 5.75 Å². The Labute approximate surface area is 162 Å². The summed E-state index contributed by atoms with van der Waals surface area (Å²) in [5.74, 6) is -0.626. The summed E-state index contributed by atoms with van der Waals surface area (Å²) in [6, 6.07) is 13.6. The second-order valence-electron chi connectivity index (χ2n) is 5.98. The van der Waals surface area contributed by atoms with Crippen molar-refractivity contribution in [3.63, 3.8) is 0 Å². The third kappa shape index (κ3) is 4.59. The molecule has 142 valence electrons. The van der Waals surface area contributed by atoms with Crippen LogP contribution in [-0.4, -0.2) is 50.2 Å². The minimum absolute atomic E-state index is 0.167. The Morgan fingerprint density at radius 3 is 2.48 bits per heavy atom. The van der Waals surface area contributed by atoms with Crippen molar-refractivity contribution in [1.29, 1.82) is 0 Å². The zero-order chi connectivity index (χ0) is 19.2. The quantitative estimate of drug-likeness (QED) is 0.735. The highest BCUT2D eigenvalue weighted by Gasteiger charge is 2.31. The summed E-state index contributed by atoms with van der Waals surface area (Å²) in [5, 5.41) is 0.374. The van der Waals surface area contributed by atoms with Gasteiger partial charge in [0, 0.05) is 23.7 Å². The lowest BCUT2D eigenvalue weighted by molar-refractivity contribution is -0.145. The van der Waals surface area contributed by atoms with Crippen molar-refractivity contribution in [2.75, 3.05) is 33.4 Å². The van der Waals surface area contributed by atoms with E-state index in [2.05, 4.69) is 0 Å². The van der Waals surface area contributed by atoms with Gasteiger partial charge in [0.15, 0.2) is 0 Å². The molecule has 2 aromatic rings. The second kappa shape index (κ2) is 8.88. The zero-order valence-corrected chi connectivity index (χ0v) is 15.6. The molecule has 3 rings (SSSR count). The number of esters is 1. The van der Waals surface area contributed by atoms with E-state index >= 15 is 0 Å². The van der Waals surface area contributed by atoms with Crippen molar-refractivity contribution in [3.8, 4) is 5.75 Å². The highest BCUT2D eigenvalue weighted by Crippen LogP contribution is 2.27. The van der Waals surface area contributed by atoms with Gasteiger partial charge in [0.2, 0.25) is 6.10 Å². The maximum Gasteiger partial charge on any atom is 0.343 e. The van der Waals surface area contributed by atoms with Crippen molar-refractivity contribution < 1.29 is 23.8 Å². The largest absolute Gasteiger partial charge is 0.496 e. The smallest absolute Gasteiger partial charge is 0.343 e. The average Bonchev–Trinajstić information content (AvgIpc) is 2.72. The third-order valence-electron chi connectivity index (χ3n) is 4.26. The SMILES string of the molecule is COc1ccc(Cl)cc1C(=O)O[C@@H](C(=O)N1CCOCC1)c1ccccc1. The number of halogens is 1. The summed E-state index contributed by atoms with van der Waals surface area (Å²) < 4.78 is 16.1. The first-order valence-corrected chi connectivity index (χ1v) is 8.94. The van der Waals surface area contributed by atoms with E-state index < -0.39 is 12.1 Å². The number of nitrogens with zero attached hydrogens (tertiary/aromatic N) is 1. The summed E-state index contributed by atoms with van der Waals surface area (Å²) in [7, 11) is 1.45. The van der Waals surface area contributed by atoms with E-state index in [9.17, 15) is 9.59 Å². The van der Waals surface area contributed by atoms with E-state index in [0.29, 0.717) is 42.6 Å². The number of benzene rings is 2. The fourth-order valence-corrected chi connectivity index (χ4v) is 3.02. The third-order valence-corrected chi connectivity index (χ3v) is 4.49. The Bertz CT molecular complexity index is 805. The van der Waals surface area contributed by atoms with Gasteiger partial charge in [0.25, 0.3) is 5.91 Å². The van der Waals surface area contributed by atoms with Crippen molar-refractivity contribution in [1.82, 2.24) is 4.90 Å². The first kappa shape index (κ1) is 19.2. The van der Waals surface area contributed by atoms with Gasteiger partial charge in [0.1, 0.15) is 11.3 Å². The van der Waals surface area contributed by atoms with E-state index in [-0.39, 0.29) is 11.5 Å². The normalized spacial score (nSPS) is 15.1. The standard InChI is InChI=1S/C20H20ClNO5/c1-25-17-8-7-15(21)13-16(17)20(24)27-18(14-5-3-2-4-6-14)19(23)22-9-11-26-12-10-22/h2-8,13,18H,9-12H2,1H3/t18-/m1/s1. The Morgan fingerprint density at radius 2 is 1.81 bits per heavy atom. The number of morpholine rings is 1. The topological polar surface area (TPSA) is 65.1 Å². The van der Waals surface area contributed by atoms with Crippen LogP contribution in [0.15, 0.2) is 48.5 Å². The molecule has 7 heteroatoms. The summed E-state index contributed by atoms with van der Waals surface area (Å²) in [4.78, 5) is 27.5. The van der Waals surface area contributed by atoms with Crippen molar-refractivity contribution >= 4 is 23.5 Å². The van der Waals surface area contributed by atoms with Crippen LogP contribution < -0.4 is 4.74 Å². The number of rotatable bonds is 5. The molecule has 6 nitrogen and oxygen atoms in total. The number of amides is 1. The molecule has 27 heavy (non-hydrogen) atoms. The highest BCUT2D eigenvalue weighted by molar-refractivity contribution is 6.31. The number of carbonyl (C=O) groups is 2. The van der Waals surface area contributed by atoms with E-state index in [1.807, 2.05) is 6.07 Å². The van der Waals surface area contributed by atoms with Crippen LogP contribution in [0, 0.1) is 0 Å². The predicted octanol–water partition coefficient (Wildman–Crippen LogP) is 3.11. The lowest BCUT2D eigenvalue weighted by Gasteiger charge is -2.30. The van der Waals surface area contributed by atoms with Crippen LogP contribution in [0.3, 0.4) is 0 Å². The van der Waals surface area contributed by atoms with Gasteiger partial charge in [-0.15, -0.1) is 0 Å². The molecule has 0 radical (unpaired) electrons. The minimum atomic E-state index is -1.06. The van der Waals surface area contributed by atoms with Crippen LogP contribution in [0.4, 0.5) is 0 Å². The van der Waals surface area contributed by atoms with Gasteiger partial charge in [-0.2, -0.15) is 0 Å². The number of hydrogen-bond donors (Lipinski definition) is 0. The molecule has 0 unspecified atom stereocenters. The van der Waals surface area contributed by atoms with Crippen molar-refractivity contribution in [3.05, 3.63) is 64.7 Å². The molecule has 1 saturated heterocycles. The van der Waals surface area contributed by atoms with Gasteiger partial charge >= 0.3 is 5.97 Å². The van der Waals surface area contributed by atoms with Crippen LogP contribution in [0.25, 0.3) is 0 Å². The molecule has 0 N–H and O–H groups in total. The Morgan fingerprint density at radius 1 is 1.11 bits per heavy atom. The molecule has 1 aliphatic heterocycles. The van der Waals surface area contributed by atoms with Crippen LogP contribution in [0.1, 0.15) is 22.0 Å². The van der Waals surface area contributed by atoms with E-state index in [0.717, 1.165) is 0 Å². The zero-order valence-electron chi connectivity index (χ0n) is 14.9. The molecule has 0 aliphatic carbocycles. The first-order valence-electron chi connectivity index (χ1n) is 8.56. The maximum absolute atomic E-state index is 13.0. The van der Waals surface area contributed by atoms with E-state index in [1.165, 1.54) is 13.2 Å². The van der Waals surface area contributed by atoms with Crippen LogP contribution in [-0.2, 0) is 14.3 Å². The molecule has 1 fully saturated rings. The highest BCUT2D eigenvalue weighted by atomic mass is 35.5. The maximum atomic E-state index is 13.0. The number of ether oxygens (including phenoxy) is 3. The minimum Gasteiger partial charge on any atom is -0.496 e. The molecular weight excluding hydrogens is 370 g/mol. The molecule has 0 saturated carbocycles. The van der Waals surface area contributed by atoms with Gasteiger partial charge in [-0.25, -0.2) is 4.79 Å². The van der Waals surface area contributed by atoms with Crippen LogP contribution >= 0.6 is 11.6 Å². The van der Waals surface area contributed by atoms with Gasteiger partial charge < -0.3 is 19.1 Å². The Kier molecular flexibility index (Phi) is 6.32. The molecule has 0 spiro atoms. The summed E-state index contributed by atoms with van der Waals surface area (Å²) in [5.41, 5.74) is 0.768. The monoisotopic (exact) mass is 389 g/mol. The molecule has 0 aromatic heterocycles. The van der Waals surface area contributed by atoms with Gasteiger partial charge in [-0.05, 0) is 18.2 Å². The van der Waals surface area contributed by atoms with E-state index in [1.54, 1.807) is 41.3 Å². The van der Waals surface area contributed by atoms with Crippen molar-refractivity contribution in [2.45, 2.75) is 6.10 Å². The molecule has 0 bridgehead atoms. The molecule has 1 atom stereocenters. The summed E-state index contributed by atoms with van der Waals surface area (Å²) in [6.07, 6.45) is -1.06. The Balaban J connectivity index is 1.88. The summed E-state index contributed by atoms with van der Waals surface area (Å²) >= 11 is 6.00. The lowest BCUT2D eigenvalue weighted by atomic mass is 10.1. The van der Waals surface area contributed by atoms with E-state index in [4.69, 9.17) is 25.8 Å². The van der Waals surface area contributed by atoms with Gasteiger partial charge in [0.05, 0.1) is 20.3 Å². The molecule has 1 amide bonds. The van der Waals surface area contributed by atoms with Crippen molar-refractivity contribution in [2.24, 2.45) is 0 Å². The molecule has 1 aliphatic rings. The lowest BCUT2D eigenvalue weighted by Crippen LogP contribution is -2.44. The molecular formula is C20H20ClNO5. The average molecular weight is 390 g/mol.